The topological polar surface area (TPSA) is 84.3 Å². The molecule has 1 atom stereocenters. The second-order valence-corrected chi connectivity index (χ2v) is 6.23. The number of amides is 1. The number of hydrogen-bond donors (Lipinski definition) is 2. The number of anilines is 1. The van der Waals surface area contributed by atoms with E-state index in [9.17, 15) is 14.9 Å². The molecule has 6 heteroatoms. The second-order valence-electron chi connectivity index (χ2n) is 6.23. The normalized spacial score (nSPS) is 20.8. The van der Waals surface area contributed by atoms with Crippen molar-refractivity contribution in [2.45, 2.75) is 39.7 Å². The van der Waals surface area contributed by atoms with E-state index in [0.717, 1.165) is 19.4 Å². The Morgan fingerprint density at radius 2 is 2.19 bits per heavy atom. The molecule has 0 spiro atoms. The van der Waals surface area contributed by atoms with Crippen molar-refractivity contribution in [3.05, 3.63) is 33.9 Å². The number of benzene rings is 1. The van der Waals surface area contributed by atoms with Gasteiger partial charge in [-0.15, -0.1) is 0 Å². The van der Waals surface area contributed by atoms with Gasteiger partial charge in [-0.3, -0.25) is 14.9 Å². The Morgan fingerprint density at radius 3 is 2.76 bits per heavy atom. The number of nitrogens with zero attached hydrogens (tertiary/aromatic N) is 1. The minimum Gasteiger partial charge on any atom is -0.325 e. The molecule has 6 nitrogen and oxygen atoms in total. The van der Waals surface area contributed by atoms with Gasteiger partial charge in [0, 0.05) is 17.3 Å². The third kappa shape index (κ3) is 3.39. The van der Waals surface area contributed by atoms with Crippen LogP contribution in [0, 0.1) is 22.5 Å². The Labute approximate surface area is 124 Å². The van der Waals surface area contributed by atoms with Crippen LogP contribution in [0.1, 0.15) is 32.3 Å². The van der Waals surface area contributed by atoms with E-state index >= 15 is 0 Å². The zero-order valence-corrected chi connectivity index (χ0v) is 12.6. The van der Waals surface area contributed by atoms with Crippen LogP contribution >= 0.6 is 0 Å². The van der Waals surface area contributed by atoms with Crippen LogP contribution in [-0.2, 0) is 4.79 Å². The van der Waals surface area contributed by atoms with E-state index in [1.165, 1.54) is 6.07 Å². The van der Waals surface area contributed by atoms with Crippen LogP contribution in [0.25, 0.3) is 0 Å². The highest BCUT2D eigenvalue weighted by molar-refractivity contribution is 5.95. The van der Waals surface area contributed by atoms with E-state index in [4.69, 9.17) is 0 Å². The van der Waals surface area contributed by atoms with Crippen LogP contribution < -0.4 is 10.6 Å². The maximum Gasteiger partial charge on any atom is 0.272 e. The molecule has 2 N–H and O–H groups in total. The lowest BCUT2D eigenvalue weighted by Gasteiger charge is -2.38. The van der Waals surface area contributed by atoms with Gasteiger partial charge in [-0.2, -0.15) is 0 Å². The fourth-order valence-electron chi connectivity index (χ4n) is 2.81. The summed E-state index contributed by atoms with van der Waals surface area (Å²) in [5.74, 6) is -0.0899. The minimum atomic E-state index is -0.424. The Balaban J connectivity index is 2.12. The van der Waals surface area contributed by atoms with Crippen molar-refractivity contribution in [1.82, 2.24) is 5.32 Å². The molecule has 1 fully saturated rings. The highest BCUT2D eigenvalue weighted by atomic mass is 16.6. The molecule has 0 bridgehead atoms. The van der Waals surface area contributed by atoms with Gasteiger partial charge >= 0.3 is 0 Å². The standard InChI is InChI=1S/C15H21N3O3/c1-10-9-11(5-6-12(10)18(20)21)17-14(19)13-15(2,3)7-4-8-16-13/h5-6,9,13,16H,4,7-8H2,1-3H3,(H,17,19). The maximum atomic E-state index is 12.4. The van der Waals surface area contributed by atoms with Crippen molar-refractivity contribution in [3.8, 4) is 0 Å². The Hall–Kier alpha value is -1.95. The molecule has 114 valence electrons. The summed E-state index contributed by atoms with van der Waals surface area (Å²) in [7, 11) is 0. The average Bonchev–Trinajstić information content (AvgIpc) is 2.37. The SMILES string of the molecule is Cc1cc(NC(=O)C2NCCCC2(C)C)ccc1[N+](=O)[O-]. The molecule has 2 rings (SSSR count). The number of nitro groups is 1. The highest BCUT2D eigenvalue weighted by Gasteiger charge is 2.37. The lowest BCUT2D eigenvalue weighted by molar-refractivity contribution is -0.385. The molecule has 1 aliphatic heterocycles. The summed E-state index contributed by atoms with van der Waals surface area (Å²) < 4.78 is 0. The minimum absolute atomic E-state index is 0.0594. The Kier molecular flexibility index (Phi) is 4.27. The summed E-state index contributed by atoms with van der Waals surface area (Å²) in [6.45, 7) is 6.65. The van der Waals surface area contributed by atoms with Gasteiger partial charge in [-0.1, -0.05) is 13.8 Å². The first-order valence-corrected chi connectivity index (χ1v) is 7.10. The predicted octanol–water partition coefficient (Wildman–Crippen LogP) is 2.62. The van der Waals surface area contributed by atoms with Crippen LogP contribution in [0.2, 0.25) is 0 Å². The zero-order valence-electron chi connectivity index (χ0n) is 12.6. The van der Waals surface area contributed by atoms with Gasteiger partial charge < -0.3 is 10.6 Å². The zero-order chi connectivity index (χ0) is 15.6. The quantitative estimate of drug-likeness (QED) is 0.662. The van der Waals surface area contributed by atoms with Crippen LogP contribution in [0.4, 0.5) is 11.4 Å². The third-order valence-electron chi connectivity index (χ3n) is 4.05. The van der Waals surface area contributed by atoms with Gasteiger partial charge in [-0.25, -0.2) is 0 Å². The number of carbonyl (C=O) groups is 1. The maximum absolute atomic E-state index is 12.4. The van der Waals surface area contributed by atoms with E-state index in [-0.39, 0.29) is 23.1 Å². The van der Waals surface area contributed by atoms with Gasteiger partial charge in [0.25, 0.3) is 5.69 Å². The van der Waals surface area contributed by atoms with E-state index in [1.54, 1.807) is 19.1 Å². The molecule has 0 aliphatic carbocycles. The van der Waals surface area contributed by atoms with E-state index in [0.29, 0.717) is 11.3 Å². The molecular formula is C15H21N3O3. The van der Waals surface area contributed by atoms with Crippen LogP contribution in [0.3, 0.4) is 0 Å². The average molecular weight is 291 g/mol. The van der Waals surface area contributed by atoms with Gasteiger partial charge in [-0.05, 0) is 43.9 Å². The summed E-state index contributed by atoms with van der Waals surface area (Å²) >= 11 is 0. The van der Waals surface area contributed by atoms with Crippen molar-refractivity contribution in [2.24, 2.45) is 5.41 Å². The summed E-state index contributed by atoms with van der Waals surface area (Å²) in [6, 6.07) is 4.37. The highest BCUT2D eigenvalue weighted by Crippen LogP contribution is 2.31. The van der Waals surface area contributed by atoms with Gasteiger partial charge in [0.05, 0.1) is 11.0 Å². The number of hydrogen-bond acceptors (Lipinski definition) is 4. The lowest BCUT2D eigenvalue weighted by atomic mass is 9.77. The molecule has 0 aromatic heterocycles. The fourth-order valence-corrected chi connectivity index (χ4v) is 2.81. The van der Waals surface area contributed by atoms with Gasteiger partial charge in [0.15, 0.2) is 0 Å². The molecular weight excluding hydrogens is 270 g/mol. The van der Waals surface area contributed by atoms with Crippen molar-refractivity contribution in [1.29, 1.82) is 0 Å². The molecule has 0 saturated carbocycles. The molecule has 21 heavy (non-hydrogen) atoms. The number of carbonyl (C=O) groups excluding carboxylic acids is 1. The monoisotopic (exact) mass is 291 g/mol. The number of nitrogens with one attached hydrogen (secondary N) is 2. The van der Waals surface area contributed by atoms with Crippen LogP contribution in [-0.4, -0.2) is 23.4 Å². The first-order chi connectivity index (χ1) is 9.81. The molecule has 1 heterocycles. The van der Waals surface area contributed by atoms with Crippen molar-refractivity contribution < 1.29 is 9.72 Å². The first kappa shape index (κ1) is 15.4. The van der Waals surface area contributed by atoms with E-state index < -0.39 is 4.92 Å². The Morgan fingerprint density at radius 1 is 1.48 bits per heavy atom. The molecule has 0 radical (unpaired) electrons. The van der Waals surface area contributed by atoms with Crippen molar-refractivity contribution in [3.63, 3.8) is 0 Å². The third-order valence-corrected chi connectivity index (χ3v) is 4.05. The smallest absolute Gasteiger partial charge is 0.272 e. The molecule has 1 unspecified atom stereocenters. The predicted molar refractivity (Wildman–Crippen MR) is 81.3 cm³/mol. The van der Waals surface area contributed by atoms with Crippen molar-refractivity contribution in [2.75, 3.05) is 11.9 Å². The molecule has 1 aromatic rings. The summed E-state index contributed by atoms with van der Waals surface area (Å²) in [5.41, 5.74) is 1.09. The molecule has 1 amide bonds. The molecule has 1 aromatic carbocycles. The fraction of sp³-hybridized carbons (Fsp3) is 0.533. The molecule has 1 aliphatic rings. The van der Waals surface area contributed by atoms with Gasteiger partial charge in [0.1, 0.15) is 0 Å². The van der Waals surface area contributed by atoms with E-state index in [2.05, 4.69) is 24.5 Å². The summed E-state index contributed by atoms with van der Waals surface area (Å²) in [4.78, 5) is 22.8. The van der Waals surface area contributed by atoms with Crippen LogP contribution in [0.5, 0.6) is 0 Å². The number of aryl methyl sites for hydroxylation is 1. The van der Waals surface area contributed by atoms with Crippen LogP contribution in [0.15, 0.2) is 18.2 Å². The second kappa shape index (κ2) is 5.81. The largest absolute Gasteiger partial charge is 0.325 e. The lowest BCUT2D eigenvalue weighted by Crippen LogP contribution is -2.53. The number of rotatable bonds is 3. The number of piperidine rings is 1. The van der Waals surface area contributed by atoms with E-state index in [1.807, 2.05) is 0 Å². The first-order valence-electron chi connectivity index (χ1n) is 7.10. The van der Waals surface area contributed by atoms with Crippen molar-refractivity contribution >= 4 is 17.3 Å². The number of nitro benzene ring substituents is 1. The summed E-state index contributed by atoms with van der Waals surface area (Å²) in [6.07, 6.45) is 2.06. The molecule has 1 saturated heterocycles. The van der Waals surface area contributed by atoms with Gasteiger partial charge in [0.2, 0.25) is 5.91 Å². The summed E-state index contributed by atoms with van der Waals surface area (Å²) in [5, 5.41) is 16.9. The Bertz CT molecular complexity index is 569.